The van der Waals surface area contributed by atoms with Crippen molar-refractivity contribution in [3.8, 4) is 0 Å². The third-order valence-electron chi connectivity index (χ3n) is 4.07. The first-order chi connectivity index (χ1) is 11.5. The second-order valence-electron chi connectivity index (χ2n) is 6.29. The lowest BCUT2D eigenvalue weighted by Crippen LogP contribution is -2.55. The molecule has 1 aliphatic heterocycles. The Morgan fingerprint density at radius 1 is 1.42 bits per heavy atom. The molecule has 0 aromatic carbocycles. The summed E-state index contributed by atoms with van der Waals surface area (Å²) < 4.78 is 1.58. The summed E-state index contributed by atoms with van der Waals surface area (Å²) >= 11 is 0. The molecule has 1 saturated heterocycles. The Labute approximate surface area is 140 Å². The van der Waals surface area contributed by atoms with E-state index < -0.39 is 5.60 Å². The lowest BCUT2D eigenvalue weighted by Gasteiger charge is -2.39. The number of aryl methyl sites for hydroxylation is 1. The molecule has 128 valence electrons. The highest BCUT2D eigenvalue weighted by Gasteiger charge is 2.34. The van der Waals surface area contributed by atoms with Crippen LogP contribution in [0.3, 0.4) is 0 Å². The van der Waals surface area contributed by atoms with Crippen molar-refractivity contribution in [1.82, 2.24) is 25.1 Å². The number of hydrogen-bond donors (Lipinski definition) is 2. The number of hydrogen-bond acceptors (Lipinski definition) is 6. The average Bonchev–Trinajstić information content (AvgIpc) is 2.99. The van der Waals surface area contributed by atoms with Crippen molar-refractivity contribution in [3.63, 3.8) is 0 Å². The molecule has 1 amide bonds. The smallest absolute Gasteiger partial charge is 0.241 e. The number of nitrogens with zero attached hydrogens (tertiary/aromatic N) is 5. The van der Waals surface area contributed by atoms with E-state index in [4.69, 9.17) is 0 Å². The summed E-state index contributed by atoms with van der Waals surface area (Å²) in [5, 5.41) is 17.7. The molecule has 1 aliphatic rings. The predicted molar refractivity (Wildman–Crippen MR) is 88.4 cm³/mol. The number of β-amino-alcohol motifs (C(OH)–C–C–N with tert-alkyl or cyclic N) is 1. The number of nitrogens with one attached hydrogen (secondary N) is 1. The summed E-state index contributed by atoms with van der Waals surface area (Å²) in [5.74, 6) is 0.438. The number of carbonyl (C=O) groups is 1. The van der Waals surface area contributed by atoms with Gasteiger partial charge in [0.15, 0.2) is 0 Å². The first kappa shape index (κ1) is 16.4. The Morgan fingerprint density at radius 2 is 2.21 bits per heavy atom. The molecule has 0 bridgehead atoms. The van der Waals surface area contributed by atoms with Crippen molar-refractivity contribution < 1.29 is 9.90 Å². The highest BCUT2D eigenvalue weighted by atomic mass is 16.3. The van der Waals surface area contributed by atoms with Gasteiger partial charge >= 0.3 is 0 Å². The molecular weight excluding hydrogens is 308 g/mol. The third-order valence-corrected chi connectivity index (χ3v) is 4.07. The Morgan fingerprint density at radius 3 is 2.92 bits per heavy atom. The van der Waals surface area contributed by atoms with Gasteiger partial charge in [-0.2, -0.15) is 5.10 Å². The van der Waals surface area contributed by atoms with Crippen molar-refractivity contribution in [2.75, 3.05) is 24.5 Å². The van der Waals surface area contributed by atoms with Crippen LogP contribution in [0.4, 0.5) is 5.95 Å². The number of piperidine rings is 1. The van der Waals surface area contributed by atoms with Gasteiger partial charge in [0, 0.05) is 31.7 Å². The van der Waals surface area contributed by atoms with Gasteiger partial charge in [-0.15, -0.1) is 0 Å². The third kappa shape index (κ3) is 4.08. The van der Waals surface area contributed by atoms with Crippen LogP contribution in [-0.2, 0) is 11.3 Å². The largest absolute Gasteiger partial charge is 0.386 e. The Balaban J connectivity index is 1.54. The fraction of sp³-hybridized carbons (Fsp3) is 0.500. The van der Waals surface area contributed by atoms with Gasteiger partial charge in [-0.05, 0) is 31.4 Å². The van der Waals surface area contributed by atoms with E-state index in [1.54, 1.807) is 29.3 Å². The summed E-state index contributed by atoms with van der Waals surface area (Å²) in [6.07, 6.45) is 8.34. The van der Waals surface area contributed by atoms with Gasteiger partial charge in [0.2, 0.25) is 11.9 Å². The van der Waals surface area contributed by atoms with Crippen LogP contribution in [0.1, 0.15) is 18.4 Å². The number of anilines is 1. The highest BCUT2D eigenvalue weighted by molar-refractivity contribution is 5.75. The fourth-order valence-corrected chi connectivity index (χ4v) is 2.90. The van der Waals surface area contributed by atoms with Crippen molar-refractivity contribution in [2.45, 2.75) is 31.9 Å². The zero-order valence-electron chi connectivity index (χ0n) is 13.7. The molecule has 0 unspecified atom stereocenters. The van der Waals surface area contributed by atoms with E-state index >= 15 is 0 Å². The number of rotatable bonds is 5. The topological polar surface area (TPSA) is 96.2 Å². The molecule has 1 atom stereocenters. The molecule has 3 rings (SSSR count). The molecule has 2 aromatic heterocycles. The van der Waals surface area contributed by atoms with Crippen LogP contribution in [0.25, 0.3) is 0 Å². The van der Waals surface area contributed by atoms with E-state index in [1.807, 2.05) is 18.0 Å². The maximum atomic E-state index is 12.0. The van der Waals surface area contributed by atoms with Crippen LogP contribution >= 0.6 is 0 Å². The minimum Gasteiger partial charge on any atom is -0.386 e. The van der Waals surface area contributed by atoms with Crippen molar-refractivity contribution >= 4 is 11.9 Å². The van der Waals surface area contributed by atoms with Gasteiger partial charge in [-0.1, -0.05) is 0 Å². The lowest BCUT2D eigenvalue weighted by atomic mass is 9.93. The Hall–Kier alpha value is -2.48. The fourth-order valence-electron chi connectivity index (χ4n) is 2.90. The number of amides is 1. The van der Waals surface area contributed by atoms with E-state index in [0.29, 0.717) is 18.9 Å². The van der Waals surface area contributed by atoms with Crippen molar-refractivity contribution in [2.24, 2.45) is 0 Å². The monoisotopic (exact) mass is 330 g/mol. The minimum atomic E-state index is -0.979. The van der Waals surface area contributed by atoms with E-state index in [-0.39, 0.29) is 19.0 Å². The summed E-state index contributed by atoms with van der Waals surface area (Å²) in [7, 11) is 0. The minimum absolute atomic E-state index is 0.148. The van der Waals surface area contributed by atoms with E-state index in [0.717, 1.165) is 18.5 Å². The Bertz CT molecular complexity index is 689. The highest BCUT2D eigenvalue weighted by Crippen LogP contribution is 2.23. The Kier molecular flexibility index (Phi) is 4.75. The molecule has 24 heavy (non-hydrogen) atoms. The molecule has 1 fully saturated rings. The van der Waals surface area contributed by atoms with Gasteiger partial charge < -0.3 is 15.3 Å². The molecule has 3 heterocycles. The molecule has 0 spiro atoms. The van der Waals surface area contributed by atoms with Gasteiger partial charge in [0.1, 0.15) is 6.54 Å². The zero-order chi connectivity index (χ0) is 17.0. The second kappa shape index (κ2) is 6.96. The molecule has 2 N–H and O–H groups in total. The van der Waals surface area contributed by atoms with Crippen LogP contribution in [0.15, 0.2) is 30.9 Å². The quantitative estimate of drug-likeness (QED) is 0.809. The van der Waals surface area contributed by atoms with Crippen LogP contribution in [0, 0.1) is 6.92 Å². The maximum Gasteiger partial charge on any atom is 0.241 e. The summed E-state index contributed by atoms with van der Waals surface area (Å²) in [6, 6.07) is 1.76. The van der Waals surface area contributed by atoms with Crippen molar-refractivity contribution in [1.29, 1.82) is 0 Å². The predicted octanol–water partition coefficient (Wildman–Crippen LogP) is 0.129. The molecule has 8 nitrogen and oxygen atoms in total. The van der Waals surface area contributed by atoms with Crippen LogP contribution in [0.5, 0.6) is 0 Å². The van der Waals surface area contributed by atoms with E-state index in [2.05, 4.69) is 20.4 Å². The van der Waals surface area contributed by atoms with E-state index in [1.165, 1.54) is 0 Å². The number of carbonyl (C=O) groups excluding carboxylic acids is 1. The summed E-state index contributed by atoms with van der Waals surface area (Å²) in [5.41, 5.74) is 0.0277. The lowest BCUT2D eigenvalue weighted by molar-refractivity contribution is -0.123. The van der Waals surface area contributed by atoms with Crippen LogP contribution in [-0.4, -0.2) is 56.0 Å². The van der Waals surface area contributed by atoms with Crippen molar-refractivity contribution in [3.05, 3.63) is 36.4 Å². The molecular formula is C16H22N6O2. The van der Waals surface area contributed by atoms with Crippen LogP contribution in [0.2, 0.25) is 0 Å². The summed E-state index contributed by atoms with van der Waals surface area (Å²) in [4.78, 5) is 22.4. The zero-order valence-corrected chi connectivity index (χ0v) is 13.7. The first-order valence-electron chi connectivity index (χ1n) is 8.04. The molecule has 0 aliphatic carbocycles. The summed E-state index contributed by atoms with van der Waals surface area (Å²) in [6.45, 7) is 3.47. The average molecular weight is 330 g/mol. The maximum absolute atomic E-state index is 12.0. The molecule has 8 heteroatoms. The normalized spacial score (nSPS) is 20.8. The molecule has 0 saturated carbocycles. The van der Waals surface area contributed by atoms with Gasteiger partial charge in [0.25, 0.3) is 0 Å². The van der Waals surface area contributed by atoms with Gasteiger partial charge in [0.05, 0.1) is 18.3 Å². The van der Waals surface area contributed by atoms with E-state index in [9.17, 15) is 9.90 Å². The molecule has 2 aromatic rings. The SMILES string of the molecule is Cc1cnn(CC(=O)NC[C@]2(O)CCCN(c3ncccn3)C2)c1. The molecule has 0 radical (unpaired) electrons. The number of aromatic nitrogens is 4. The van der Waals surface area contributed by atoms with Gasteiger partial charge in [-0.25, -0.2) is 9.97 Å². The second-order valence-corrected chi connectivity index (χ2v) is 6.29. The first-order valence-corrected chi connectivity index (χ1v) is 8.04. The van der Waals surface area contributed by atoms with Crippen LogP contribution < -0.4 is 10.2 Å². The van der Waals surface area contributed by atoms with Gasteiger partial charge in [-0.3, -0.25) is 9.48 Å². The standard InChI is InChI=1S/C16H22N6O2/c1-13-8-20-22(9-13)10-14(23)19-11-16(24)4-2-7-21(12-16)15-17-5-3-6-18-15/h3,5-6,8-9,24H,2,4,7,10-12H2,1H3,(H,19,23)/t16-/m1/s1. The number of aliphatic hydroxyl groups is 1.